The van der Waals surface area contributed by atoms with E-state index in [4.69, 9.17) is 19.3 Å². The molecule has 1 unspecified atom stereocenters. The molecule has 2 fully saturated rings. The highest BCUT2D eigenvalue weighted by molar-refractivity contribution is 5.76. The Labute approximate surface area is 133 Å². The number of carboxylic acids is 1. The number of carbonyl (C=O) groups is 1. The summed E-state index contributed by atoms with van der Waals surface area (Å²) in [7, 11) is 0. The molecule has 5 nitrogen and oxygen atoms in total. The molecule has 3 atom stereocenters. The van der Waals surface area contributed by atoms with Gasteiger partial charge in [0.1, 0.15) is 0 Å². The van der Waals surface area contributed by atoms with Crippen LogP contribution in [0.1, 0.15) is 58.8 Å². The maximum atomic E-state index is 11.1. The number of hydrogen-bond donors (Lipinski definition) is 1. The predicted molar refractivity (Wildman–Crippen MR) is 82.7 cm³/mol. The van der Waals surface area contributed by atoms with Crippen LogP contribution >= 0.6 is 0 Å². The Kier molecular flexibility index (Phi) is 6.66. The lowest BCUT2D eigenvalue weighted by Crippen LogP contribution is -2.37. The third kappa shape index (κ3) is 5.52. The highest BCUT2D eigenvalue weighted by Crippen LogP contribution is 2.31. The number of ether oxygens (including phenoxy) is 3. The van der Waals surface area contributed by atoms with E-state index in [2.05, 4.69) is 0 Å². The van der Waals surface area contributed by atoms with Gasteiger partial charge in [-0.15, -0.1) is 0 Å². The van der Waals surface area contributed by atoms with Gasteiger partial charge in [-0.2, -0.15) is 0 Å². The average molecular weight is 314 g/mol. The molecule has 0 radical (unpaired) electrons. The lowest BCUT2D eigenvalue weighted by molar-refractivity contribution is -0.173. The Morgan fingerprint density at radius 1 is 1.14 bits per heavy atom. The SMILES string of the molecule is CC(C)(OC[C@@H]1CCC[C@H](COC2CCCCO2)C1)C(=O)O. The van der Waals surface area contributed by atoms with Crippen LogP contribution in [0.2, 0.25) is 0 Å². The Hall–Kier alpha value is -0.650. The fourth-order valence-corrected chi connectivity index (χ4v) is 3.18. The lowest BCUT2D eigenvalue weighted by Gasteiger charge is -2.32. The summed E-state index contributed by atoms with van der Waals surface area (Å²) in [4.78, 5) is 11.1. The lowest BCUT2D eigenvalue weighted by atomic mass is 9.82. The van der Waals surface area contributed by atoms with Crippen LogP contribution in [0.25, 0.3) is 0 Å². The molecule has 1 heterocycles. The Balaban J connectivity index is 1.68. The second-order valence-electron chi connectivity index (χ2n) is 7.15. The van der Waals surface area contributed by atoms with E-state index in [0.717, 1.165) is 38.9 Å². The number of hydrogen-bond acceptors (Lipinski definition) is 4. The van der Waals surface area contributed by atoms with Crippen molar-refractivity contribution in [2.45, 2.75) is 70.7 Å². The number of aliphatic carboxylic acids is 1. The molecule has 0 spiro atoms. The van der Waals surface area contributed by atoms with Gasteiger partial charge in [0.05, 0.1) is 13.2 Å². The molecule has 1 aliphatic carbocycles. The van der Waals surface area contributed by atoms with Gasteiger partial charge >= 0.3 is 5.97 Å². The van der Waals surface area contributed by atoms with Crippen molar-refractivity contribution in [1.29, 1.82) is 0 Å². The molecular weight excluding hydrogens is 284 g/mol. The highest BCUT2D eigenvalue weighted by atomic mass is 16.7. The van der Waals surface area contributed by atoms with Crippen LogP contribution in [0, 0.1) is 11.8 Å². The monoisotopic (exact) mass is 314 g/mol. The van der Waals surface area contributed by atoms with E-state index >= 15 is 0 Å². The molecule has 22 heavy (non-hydrogen) atoms. The van der Waals surface area contributed by atoms with Gasteiger partial charge in [-0.3, -0.25) is 0 Å². The first kappa shape index (κ1) is 17.7. The summed E-state index contributed by atoms with van der Waals surface area (Å²) < 4.78 is 17.1. The van der Waals surface area contributed by atoms with Crippen LogP contribution in [0.15, 0.2) is 0 Å². The van der Waals surface area contributed by atoms with Crippen LogP contribution in [0.5, 0.6) is 0 Å². The van der Waals surface area contributed by atoms with Gasteiger partial charge in [-0.25, -0.2) is 4.79 Å². The quantitative estimate of drug-likeness (QED) is 0.781. The maximum Gasteiger partial charge on any atom is 0.335 e. The molecule has 1 saturated carbocycles. The molecule has 0 aromatic carbocycles. The minimum absolute atomic E-state index is 0.0173. The van der Waals surface area contributed by atoms with Gasteiger partial charge in [0.2, 0.25) is 0 Å². The molecule has 1 aliphatic heterocycles. The summed E-state index contributed by atoms with van der Waals surface area (Å²) in [5, 5.41) is 9.09. The first-order valence-corrected chi connectivity index (χ1v) is 8.58. The minimum Gasteiger partial charge on any atom is -0.479 e. The second-order valence-corrected chi connectivity index (χ2v) is 7.15. The van der Waals surface area contributed by atoms with Crippen molar-refractivity contribution in [2.75, 3.05) is 19.8 Å². The molecule has 128 valence electrons. The standard InChI is InChI=1S/C17H30O5/c1-17(2,16(18)19)22-12-14-7-5-6-13(10-14)11-21-15-8-3-4-9-20-15/h13-15H,3-12H2,1-2H3,(H,18,19)/t13-,14+,15?/m0/s1. The van der Waals surface area contributed by atoms with E-state index < -0.39 is 11.6 Å². The largest absolute Gasteiger partial charge is 0.479 e. The van der Waals surface area contributed by atoms with Gasteiger partial charge in [0.25, 0.3) is 0 Å². The highest BCUT2D eigenvalue weighted by Gasteiger charge is 2.31. The summed E-state index contributed by atoms with van der Waals surface area (Å²) in [6.45, 7) is 5.31. The van der Waals surface area contributed by atoms with E-state index in [-0.39, 0.29) is 6.29 Å². The van der Waals surface area contributed by atoms with Gasteiger partial charge in [0.15, 0.2) is 11.9 Å². The summed E-state index contributed by atoms with van der Waals surface area (Å²) in [5.74, 6) is 0.0757. The number of carboxylic acid groups (broad SMARTS) is 1. The van der Waals surface area contributed by atoms with E-state index in [1.54, 1.807) is 13.8 Å². The van der Waals surface area contributed by atoms with Gasteiger partial charge in [-0.05, 0) is 64.2 Å². The van der Waals surface area contributed by atoms with Crippen molar-refractivity contribution in [1.82, 2.24) is 0 Å². The topological polar surface area (TPSA) is 65.0 Å². The average Bonchev–Trinajstić information content (AvgIpc) is 2.52. The summed E-state index contributed by atoms with van der Waals surface area (Å²) in [6, 6.07) is 0. The van der Waals surface area contributed by atoms with Crippen LogP contribution in [-0.2, 0) is 19.0 Å². The number of rotatable bonds is 7. The molecule has 1 N–H and O–H groups in total. The summed E-state index contributed by atoms with van der Waals surface area (Å²) >= 11 is 0. The van der Waals surface area contributed by atoms with Crippen molar-refractivity contribution in [3.8, 4) is 0 Å². The second kappa shape index (κ2) is 8.27. The molecule has 0 aromatic rings. The van der Waals surface area contributed by atoms with Crippen LogP contribution in [0.3, 0.4) is 0 Å². The van der Waals surface area contributed by atoms with Crippen LogP contribution in [-0.4, -0.2) is 42.8 Å². The molecular formula is C17H30O5. The van der Waals surface area contributed by atoms with E-state index in [9.17, 15) is 4.79 Å². The Bertz CT molecular complexity index is 349. The zero-order valence-electron chi connectivity index (χ0n) is 13.9. The fraction of sp³-hybridized carbons (Fsp3) is 0.941. The van der Waals surface area contributed by atoms with E-state index in [0.29, 0.717) is 18.4 Å². The zero-order valence-corrected chi connectivity index (χ0v) is 13.9. The fourth-order valence-electron chi connectivity index (χ4n) is 3.18. The van der Waals surface area contributed by atoms with Gasteiger partial charge < -0.3 is 19.3 Å². The minimum atomic E-state index is -1.10. The van der Waals surface area contributed by atoms with Crippen molar-refractivity contribution < 1.29 is 24.1 Å². The van der Waals surface area contributed by atoms with E-state index in [1.807, 2.05) is 0 Å². The molecule has 0 bridgehead atoms. The molecule has 0 aromatic heterocycles. The van der Waals surface area contributed by atoms with Crippen molar-refractivity contribution >= 4 is 5.97 Å². The van der Waals surface area contributed by atoms with Crippen LogP contribution in [0.4, 0.5) is 0 Å². The zero-order chi connectivity index (χ0) is 16.0. The molecule has 5 heteroatoms. The smallest absolute Gasteiger partial charge is 0.335 e. The first-order chi connectivity index (χ1) is 10.5. The molecule has 2 aliphatic rings. The third-order valence-corrected chi connectivity index (χ3v) is 4.74. The Morgan fingerprint density at radius 2 is 1.86 bits per heavy atom. The van der Waals surface area contributed by atoms with Crippen molar-refractivity contribution in [3.63, 3.8) is 0 Å². The molecule has 2 rings (SSSR count). The predicted octanol–water partition coefficient (Wildman–Crippen LogP) is 3.22. The Morgan fingerprint density at radius 3 is 2.50 bits per heavy atom. The van der Waals surface area contributed by atoms with Crippen LogP contribution < -0.4 is 0 Å². The molecule has 0 amide bonds. The molecule has 1 saturated heterocycles. The first-order valence-electron chi connectivity index (χ1n) is 8.58. The van der Waals surface area contributed by atoms with Gasteiger partial charge in [-0.1, -0.05) is 6.42 Å². The third-order valence-electron chi connectivity index (χ3n) is 4.74. The summed E-state index contributed by atoms with van der Waals surface area (Å²) in [6.07, 6.45) is 7.85. The summed E-state index contributed by atoms with van der Waals surface area (Å²) in [5.41, 5.74) is -1.10. The normalized spacial score (nSPS) is 30.2. The van der Waals surface area contributed by atoms with Crippen molar-refractivity contribution in [3.05, 3.63) is 0 Å². The maximum absolute atomic E-state index is 11.1. The van der Waals surface area contributed by atoms with Crippen molar-refractivity contribution in [2.24, 2.45) is 11.8 Å². The van der Waals surface area contributed by atoms with Gasteiger partial charge in [0, 0.05) is 6.61 Å². The van der Waals surface area contributed by atoms with E-state index in [1.165, 1.54) is 19.3 Å².